The molecule has 1 aromatic heterocycles. The Balaban J connectivity index is 2.68. The number of thiazole rings is 1. The molecule has 4 nitrogen and oxygen atoms in total. The van der Waals surface area contributed by atoms with E-state index >= 15 is 0 Å². The maximum atomic E-state index is 11.2. The van der Waals surface area contributed by atoms with Gasteiger partial charge in [0.1, 0.15) is 10.7 Å². The summed E-state index contributed by atoms with van der Waals surface area (Å²) in [6.07, 6.45) is 0. The topological polar surface area (TPSA) is 74.0 Å². The van der Waals surface area contributed by atoms with E-state index in [-0.39, 0.29) is 0 Å². The van der Waals surface area contributed by atoms with Crippen LogP contribution in [0, 0.1) is 17.8 Å². The minimum Gasteiger partial charge on any atom is -0.383 e. The first-order chi connectivity index (χ1) is 8.41. The summed E-state index contributed by atoms with van der Waals surface area (Å²) >= 11 is 6.36. The van der Waals surface area contributed by atoms with Gasteiger partial charge in [-0.2, -0.15) is 0 Å². The van der Waals surface area contributed by atoms with Crippen molar-refractivity contribution in [3.63, 3.8) is 0 Å². The Morgan fingerprint density at radius 1 is 1.33 bits per heavy atom. The molecule has 0 bridgehead atoms. The van der Waals surface area contributed by atoms with Crippen LogP contribution in [0.2, 0.25) is 0 Å². The molecule has 18 heavy (non-hydrogen) atoms. The van der Waals surface area contributed by atoms with Crippen molar-refractivity contribution in [3.8, 4) is 5.69 Å². The molecule has 94 valence electrons. The van der Waals surface area contributed by atoms with Crippen LogP contribution >= 0.6 is 23.6 Å². The van der Waals surface area contributed by atoms with Crippen LogP contribution in [0.25, 0.3) is 5.69 Å². The summed E-state index contributed by atoms with van der Waals surface area (Å²) in [5.41, 5.74) is 14.4. The first-order valence-electron chi connectivity index (χ1n) is 5.30. The average Bonchev–Trinajstić information content (AvgIpc) is 2.59. The van der Waals surface area contributed by atoms with Crippen molar-refractivity contribution < 1.29 is 4.79 Å². The maximum Gasteiger partial charge on any atom is 0.262 e. The molecule has 2 rings (SSSR count). The van der Waals surface area contributed by atoms with Crippen molar-refractivity contribution in [2.75, 3.05) is 5.73 Å². The molecule has 0 radical (unpaired) electrons. The highest BCUT2D eigenvalue weighted by Crippen LogP contribution is 2.26. The van der Waals surface area contributed by atoms with Crippen LogP contribution in [0.5, 0.6) is 0 Å². The minimum atomic E-state index is -0.550. The molecule has 0 aliphatic carbocycles. The number of carbonyl (C=O) groups is 1. The highest BCUT2D eigenvalue weighted by Gasteiger charge is 2.15. The first kappa shape index (κ1) is 12.8. The molecule has 0 spiro atoms. The van der Waals surface area contributed by atoms with Gasteiger partial charge in [-0.1, -0.05) is 17.4 Å². The average molecular weight is 279 g/mol. The van der Waals surface area contributed by atoms with E-state index in [9.17, 15) is 4.79 Å². The smallest absolute Gasteiger partial charge is 0.262 e. The third-order valence-electron chi connectivity index (χ3n) is 2.82. The second kappa shape index (κ2) is 4.55. The fraction of sp³-hybridized carbons (Fsp3) is 0.167. The Bertz CT molecular complexity index is 685. The van der Waals surface area contributed by atoms with Crippen LogP contribution in [-0.2, 0) is 0 Å². The highest BCUT2D eigenvalue weighted by molar-refractivity contribution is 7.73. The van der Waals surface area contributed by atoms with E-state index in [1.807, 2.05) is 32.0 Å². The molecule has 0 saturated heterocycles. The van der Waals surface area contributed by atoms with Gasteiger partial charge >= 0.3 is 0 Å². The SMILES string of the molecule is Cc1ccc(-n2c(N)c(C(N)=O)sc2=S)cc1C. The molecule has 4 N–H and O–H groups in total. The van der Waals surface area contributed by atoms with Crippen molar-refractivity contribution >= 4 is 35.3 Å². The molecule has 1 aromatic carbocycles. The molecule has 0 atom stereocenters. The zero-order valence-electron chi connectivity index (χ0n) is 10.1. The Kier molecular flexibility index (Phi) is 3.23. The number of nitrogen functional groups attached to an aromatic ring is 1. The molecule has 2 aromatic rings. The summed E-state index contributed by atoms with van der Waals surface area (Å²) in [7, 11) is 0. The highest BCUT2D eigenvalue weighted by atomic mass is 32.1. The molecule has 0 saturated carbocycles. The van der Waals surface area contributed by atoms with Crippen molar-refractivity contribution in [3.05, 3.63) is 38.2 Å². The minimum absolute atomic E-state index is 0.304. The fourth-order valence-electron chi connectivity index (χ4n) is 1.67. The third kappa shape index (κ3) is 2.04. The van der Waals surface area contributed by atoms with Crippen LogP contribution in [-0.4, -0.2) is 10.5 Å². The van der Waals surface area contributed by atoms with E-state index in [1.165, 1.54) is 5.56 Å². The largest absolute Gasteiger partial charge is 0.383 e. The number of anilines is 1. The number of aryl methyl sites for hydroxylation is 2. The zero-order valence-corrected chi connectivity index (χ0v) is 11.7. The van der Waals surface area contributed by atoms with Gasteiger partial charge in [0.15, 0.2) is 3.95 Å². The van der Waals surface area contributed by atoms with Crippen molar-refractivity contribution in [2.45, 2.75) is 13.8 Å². The van der Waals surface area contributed by atoms with Gasteiger partial charge in [0.05, 0.1) is 0 Å². The number of primary amides is 1. The molecule has 0 unspecified atom stereocenters. The van der Waals surface area contributed by atoms with Gasteiger partial charge in [0, 0.05) is 5.69 Å². The van der Waals surface area contributed by atoms with E-state index in [0.29, 0.717) is 14.6 Å². The summed E-state index contributed by atoms with van der Waals surface area (Å²) in [5.74, 6) is -0.244. The fourth-order valence-corrected chi connectivity index (χ4v) is 2.89. The van der Waals surface area contributed by atoms with Gasteiger partial charge in [-0.05, 0) is 49.3 Å². The normalized spacial score (nSPS) is 10.6. The summed E-state index contributed by atoms with van der Waals surface area (Å²) < 4.78 is 2.19. The number of amides is 1. The summed E-state index contributed by atoms with van der Waals surface area (Å²) in [5, 5.41) is 0. The van der Waals surface area contributed by atoms with Gasteiger partial charge in [-0.15, -0.1) is 0 Å². The Morgan fingerprint density at radius 2 is 2.00 bits per heavy atom. The van der Waals surface area contributed by atoms with Crippen molar-refractivity contribution in [1.29, 1.82) is 0 Å². The lowest BCUT2D eigenvalue weighted by molar-refractivity contribution is 0.100. The number of aromatic nitrogens is 1. The molecule has 0 aliphatic rings. The summed E-state index contributed by atoms with van der Waals surface area (Å²) in [4.78, 5) is 11.5. The van der Waals surface area contributed by atoms with Gasteiger partial charge < -0.3 is 11.5 Å². The lowest BCUT2D eigenvalue weighted by Gasteiger charge is -2.08. The Hall–Kier alpha value is -1.66. The predicted molar refractivity (Wildman–Crippen MR) is 76.9 cm³/mol. The summed E-state index contributed by atoms with van der Waals surface area (Å²) in [6.45, 7) is 4.05. The van der Waals surface area contributed by atoms with Gasteiger partial charge in [0.25, 0.3) is 5.91 Å². The van der Waals surface area contributed by atoms with E-state index in [1.54, 1.807) is 4.57 Å². The van der Waals surface area contributed by atoms with Crippen LogP contribution < -0.4 is 11.5 Å². The quantitative estimate of drug-likeness (QED) is 0.830. The van der Waals surface area contributed by atoms with Crippen LogP contribution in [0.3, 0.4) is 0 Å². The number of benzene rings is 1. The lowest BCUT2D eigenvalue weighted by atomic mass is 10.1. The standard InChI is InChI=1S/C12H13N3OS2/c1-6-3-4-8(5-7(6)2)15-10(13)9(11(14)16)18-12(15)17/h3-5H,13H2,1-2H3,(H2,14,16). The molecule has 0 fully saturated rings. The molecule has 6 heteroatoms. The predicted octanol–water partition coefficient (Wildman–Crippen LogP) is 2.57. The van der Waals surface area contributed by atoms with E-state index in [0.717, 1.165) is 22.6 Å². The van der Waals surface area contributed by atoms with Crippen molar-refractivity contribution in [2.24, 2.45) is 5.73 Å². The summed E-state index contributed by atoms with van der Waals surface area (Å²) in [6, 6.07) is 5.90. The molecular weight excluding hydrogens is 266 g/mol. The van der Waals surface area contributed by atoms with E-state index < -0.39 is 5.91 Å². The zero-order chi connectivity index (χ0) is 13.4. The van der Waals surface area contributed by atoms with Gasteiger partial charge in [-0.3, -0.25) is 9.36 Å². The lowest BCUT2D eigenvalue weighted by Crippen LogP contribution is -2.12. The van der Waals surface area contributed by atoms with Gasteiger partial charge in [0.2, 0.25) is 0 Å². The maximum absolute atomic E-state index is 11.2. The number of rotatable bonds is 2. The van der Waals surface area contributed by atoms with Crippen molar-refractivity contribution in [1.82, 2.24) is 4.57 Å². The van der Waals surface area contributed by atoms with Crippen LogP contribution in [0.15, 0.2) is 18.2 Å². The number of nitrogens with zero attached hydrogens (tertiary/aromatic N) is 1. The second-order valence-electron chi connectivity index (χ2n) is 4.05. The first-order valence-corrected chi connectivity index (χ1v) is 6.53. The molecular formula is C12H13N3OS2. The van der Waals surface area contributed by atoms with Gasteiger partial charge in [-0.25, -0.2) is 0 Å². The van der Waals surface area contributed by atoms with Crippen LogP contribution in [0.4, 0.5) is 5.82 Å². The number of nitrogens with two attached hydrogens (primary N) is 2. The number of hydrogen-bond acceptors (Lipinski definition) is 4. The Labute approximate surface area is 114 Å². The monoisotopic (exact) mass is 279 g/mol. The molecule has 1 amide bonds. The second-order valence-corrected chi connectivity index (χ2v) is 5.69. The Morgan fingerprint density at radius 3 is 2.50 bits per heavy atom. The van der Waals surface area contributed by atoms with Crippen LogP contribution in [0.1, 0.15) is 20.8 Å². The van der Waals surface area contributed by atoms with E-state index in [4.69, 9.17) is 23.7 Å². The molecule has 0 aliphatic heterocycles. The number of carbonyl (C=O) groups excluding carboxylic acids is 1. The van der Waals surface area contributed by atoms with E-state index in [2.05, 4.69) is 0 Å². The third-order valence-corrected chi connectivity index (χ3v) is 4.22. The number of hydrogen-bond donors (Lipinski definition) is 2. The molecule has 1 heterocycles.